The molecule has 1 unspecified atom stereocenters. The Labute approximate surface area is 281 Å². The molecule has 5 rings (SSSR count). The van der Waals surface area contributed by atoms with Crippen LogP contribution in [-0.4, -0.2) is 66.3 Å². The Morgan fingerprint density at radius 1 is 1.00 bits per heavy atom. The molecule has 0 aromatic heterocycles. The van der Waals surface area contributed by atoms with E-state index in [1.165, 1.54) is 0 Å². The fourth-order valence-electron chi connectivity index (χ4n) is 6.15. The maximum atomic E-state index is 13.9. The molecule has 48 heavy (non-hydrogen) atoms. The molecule has 3 aromatic carbocycles. The standard InChI is InChI=1S/C36H42N4O7S/c1-24(2)48(44,45)28-18-16-27(17-19-28)29-14-10-11-15-30(29)40-32(41)37-31(38-33(42)47-35(4,5)6)36(40)20-21-39(25(3)22-36)34(43)46-23-26-12-8-7-9-13-26/h7-19,24-25H,20-23H2,1-6H3,(H,37,38,41,42)/t25-,36?/m0/s1. The molecule has 0 radical (unpaired) electrons. The van der Waals surface area contributed by atoms with Gasteiger partial charge in [-0.05, 0) is 83.7 Å². The van der Waals surface area contributed by atoms with Crippen LogP contribution in [0, 0.1) is 0 Å². The molecule has 1 N–H and O–H groups in total. The minimum absolute atomic E-state index is 0.121. The molecule has 2 saturated heterocycles. The number of nitrogens with one attached hydrogen (secondary N) is 1. The summed E-state index contributed by atoms with van der Waals surface area (Å²) in [5.41, 5.74) is 0.830. The molecule has 2 fully saturated rings. The molecule has 0 aliphatic carbocycles. The summed E-state index contributed by atoms with van der Waals surface area (Å²) in [4.78, 5) is 47.9. The number of carbonyl (C=O) groups is 3. The number of likely N-dealkylation sites (tertiary alicyclic amines) is 1. The van der Waals surface area contributed by atoms with E-state index in [2.05, 4.69) is 10.3 Å². The molecular weight excluding hydrogens is 632 g/mol. The fourth-order valence-corrected chi connectivity index (χ4v) is 7.21. The van der Waals surface area contributed by atoms with Gasteiger partial charge in [0.05, 0.1) is 15.8 Å². The van der Waals surface area contributed by atoms with Crippen molar-refractivity contribution in [2.75, 3.05) is 11.4 Å². The normalized spacial score (nSPS) is 20.7. The van der Waals surface area contributed by atoms with Gasteiger partial charge in [-0.2, -0.15) is 4.99 Å². The third kappa shape index (κ3) is 7.08. The summed E-state index contributed by atoms with van der Waals surface area (Å²) in [7, 11) is -3.48. The third-order valence-corrected chi connectivity index (χ3v) is 10.7. The minimum Gasteiger partial charge on any atom is -0.445 e. The number of sulfone groups is 1. The molecule has 11 nitrogen and oxygen atoms in total. The number of amides is 4. The highest BCUT2D eigenvalue weighted by atomic mass is 32.2. The van der Waals surface area contributed by atoms with Crippen LogP contribution < -0.4 is 10.2 Å². The number of carbonyl (C=O) groups excluding carboxylic acids is 3. The van der Waals surface area contributed by atoms with E-state index in [4.69, 9.17) is 9.47 Å². The largest absolute Gasteiger partial charge is 0.445 e. The first-order chi connectivity index (χ1) is 22.6. The van der Waals surface area contributed by atoms with Crippen molar-refractivity contribution in [3.8, 4) is 11.1 Å². The number of urea groups is 1. The Bertz CT molecular complexity index is 1820. The number of benzene rings is 3. The topological polar surface area (TPSA) is 135 Å². The van der Waals surface area contributed by atoms with E-state index in [1.54, 1.807) is 80.8 Å². The Morgan fingerprint density at radius 2 is 1.65 bits per heavy atom. The molecule has 2 heterocycles. The lowest BCUT2D eigenvalue weighted by Gasteiger charge is -2.46. The highest BCUT2D eigenvalue weighted by Gasteiger charge is 2.56. The number of para-hydroxylation sites is 1. The average molecular weight is 675 g/mol. The van der Waals surface area contributed by atoms with Crippen molar-refractivity contribution in [3.05, 3.63) is 84.4 Å². The van der Waals surface area contributed by atoms with Crippen molar-refractivity contribution in [2.24, 2.45) is 4.99 Å². The summed E-state index contributed by atoms with van der Waals surface area (Å²) < 4.78 is 36.7. The van der Waals surface area contributed by atoms with Crippen LogP contribution >= 0.6 is 0 Å². The van der Waals surface area contributed by atoms with Crippen LogP contribution in [0.2, 0.25) is 0 Å². The second kappa shape index (κ2) is 13.4. The molecular formula is C36H42N4O7S. The molecule has 254 valence electrons. The highest BCUT2D eigenvalue weighted by Crippen LogP contribution is 2.44. The summed E-state index contributed by atoms with van der Waals surface area (Å²) in [6.45, 7) is 10.7. The number of ether oxygens (including phenoxy) is 2. The summed E-state index contributed by atoms with van der Waals surface area (Å²) in [5.74, 6) is 0.138. The van der Waals surface area contributed by atoms with Crippen LogP contribution in [0.5, 0.6) is 0 Å². The molecule has 0 bridgehead atoms. The quantitative estimate of drug-likeness (QED) is 0.299. The predicted octanol–water partition coefficient (Wildman–Crippen LogP) is 6.96. The van der Waals surface area contributed by atoms with Crippen molar-refractivity contribution >= 4 is 39.6 Å². The van der Waals surface area contributed by atoms with E-state index in [9.17, 15) is 22.8 Å². The first-order valence-corrected chi connectivity index (χ1v) is 17.5. The fraction of sp³-hybridized carbons (Fsp3) is 0.389. The van der Waals surface area contributed by atoms with Crippen LogP contribution in [0.15, 0.2) is 88.8 Å². The van der Waals surface area contributed by atoms with Crippen LogP contribution in [0.3, 0.4) is 0 Å². The number of hydrogen-bond acceptors (Lipinski definition) is 7. The highest BCUT2D eigenvalue weighted by molar-refractivity contribution is 7.92. The van der Waals surface area contributed by atoms with Gasteiger partial charge >= 0.3 is 18.2 Å². The summed E-state index contributed by atoms with van der Waals surface area (Å²) in [6, 6.07) is 22.4. The molecule has 2 atom stereocenters. The van der Waals surface area contributed by atoms with Crippen molar-refractivity contribution in [1.29, 1.82) is 0 Å². The third-order valence-electron chi connectivity index (χ3n) is 8.52. The van der Waals surface area contributed by atoms with Gasteiger partial charge in [-0.3, -0.25) is 10.2 Å². The Hall–Kier alpha value is -4.71. The van der Waals surface area contributed by atoms with E-state index in [0.29, 0.717) is 16.8 Å². The molecule has 12 heteroatoms. The van der Waals surface area contributed by atoms with Crippen molar-refractivity contribution in [1.82, 2.24) is 10.2 Å². The first kappa shape index (κ1) is 34.6. The number of nitrogens with zero attached hydrogens (tertiary/aromatic N) is 3. The van der Waals surface area contributed by atoms with Crippen LogP contribution in [-0.2, 0) is 25.9 Å². The second-order valence-corrected chi connectivity index (χ2v) is 15.9. The Morgan fingerprint density at radius 3 is 2.27 bits per heavy atom. The van der Waals surface area contributed by atoms with Crippen molar-refractivity contribution < 1.29 is 32.3 Å². The zero-order valence-electron chi connectivity index (χ0n) is 28.1. The molecule has 4 amide bonds. The van der Waals surface area contributed by atoms with Crippen molar-refractivity contribution in [3.63, 3.8) is 0 Å². The lowest BCUT2D eigenvalue weighted by molar-refractivity contribution is 0.0585. The molecule has 3 aromatic rings. The van der Waals surface area contributed by atoms with Gasteiger partial charge in [0.15, 0.2) is 9.84 Å². The van der Waals surface area contributed by atoms with Gasteiger partial charge in [-0.15, -0.1) is 0 Å². The number of aliphatic imine (C=N–C) groups is 1. The zero-order chi connectivity index (χ0) is 34.9. The van der Waals surface area contributed by atoms with E-state index < -0.39 is 50.5 Å². The minimum atomic E-state index is -3.48. The summed E-state index contributed by atoms with van der Waals surface area (Å²) >= 11 is 0. The summed E-state index contributed by atoms with van der Waals surface area (Å²) in [6.07, 6.45) is -0.828. The lowest BCUT2D eigenvalue weighted by Crippen LogP contribution is -2.60. The van der Waals surface area contributed by atoms with Gasteiger partial charge in [-0.25, -0.2) is 22.8 Å². The number of rotatable bonds is 6. The molecule has 2 aliphatic rings. The van der Waals surface area contributed by atoms with E-state index in [-0.39, 0.29) is 36.7 Å². The molecule has 2 aliphatic heterocycles. The van der Waals surface area contributed by atoms with Gasteiger partial charge in [0.1, 0.15) is 23.6 Å². The SMILES string of the molecule is CC(C)S(=O)(=O)c1ccc(-c2ccccc2N2C(=O)N/C(=N\C(=O)OC(C)(C)C)C23CCN(C(=O)OCc2ccccc2)[C@@H](C)C3)cc1. The van der Waals surface area contributed by atoms with Gasteiger partial charge in [0, 0.05) is 18.2 Å². The Balaban J connectivity index is 1.52. The number of piperidine rings is 1. The van der Waals surface area contributed by atoms with Gasteiger partial charge in [0.25, 0.3) is 0 Å². The number of amidine groups is 1. The predicted molar refractivity (Wildman–Crippen MR) is 184 cm³/mol. The van der Waals surface area contributed by atoms with E-state index in [1.807, 2.05) is 49.4 Å². The summed E-state index contributed by atoms with van der Waals surface area (Å²) in [5, 5.41) is 2.26. The van der Waals surface area contributed by atoms with Crippen LogP contribution in [0.1, 0.15) is 59.9 Å². The monoisotopic (exact) mass is 674 g/mol. The van der Waals surface area contributed by atoms with Gasteiger partial charge in [-0.1, -0.05) is 60.7 Å². The lowest BCUT2D eigenvalue weighted by atomic mass is 9.81. The number of anilines is 1. The molecule has 0 saturated carbocycles. The maximum Gasteiger partial charge on any atom is 0.435 e. The van der Waals surface area contributed by atoms with Crippen LogP contribution in [0.25, 0.3) is 11.1 Å². The Kier molecular flexibility index (Phi) is 9.68. The van der Waals surface area contributed by atoms with Crippen molar-refractivity contribution in [2.45, 2.75) is 88.3 Å². The van der Waals surface area contributed by atoms with E-state index >= 15 is 0 Å². The van der Waals surface area contributed by atoms with Gasteiger partial charge < -0.3 is 14.4 Å². The molecule has 1 spiro atoms. The second-order valence-electron chi connectivity index (χ2n) is 13.4. The first-order valence-electron chi connectivity index (χ1n) is 16.0. The zero-order valence-corrected chi connectivity index (χ0v) is 28.9. The van der Waals surface area contributed by atoms with Crippen LogP contribution in [0.4, 0.5) is 20.1 Å². The number of hydrogen-bond donors (Lipinski definition) is 1. The maximum absolute atomic E-state index is 13.9. The smallest absolute Gasteiger partial charge is 0.435 e. The average Bonchev–Trinajstić information content (AvgIpc) is 3.28. The van der Waals surface area contributed by atoms with E-state index in [0.717, 1.165) is 5.56 Å². The van der Waals surface area contributed by atoms with Gasteiger partial charge in [0.2, 0.25) is 0 Å².